The first-order valence-electron chi connectivity index (χ1n) is 13.1. The van der Waals surface area contributed by atoms with Crippen molar-refractivity contribution in [2.75, 3.05) is 32.2 Å². The van der Waals surface area contributed by atoms with E-state index in [1.165, 1.54) is 12.2 Å². The molecule has 0 N–H and O–H groups in total. The summed E-state index contributed by atoms with van der Waals surface area (Å²) in [5.41, 5.74) is 0.970. The number of unbranched alkanes of at least 4 members (excludes halogenated alkanes) is 1. The number of hydrogen-bond donors (Lipinski definition) is 0. The second-order valence-electron chi connectivity index (χ2n) is 10.0. The minimum absolute atomic E-state index is 0.0805. The summed E-state index contributed by atoms with van der Waals surface area (Å²) in [4.78, 5) is 28.7. The Hall–Kier alpha value is -2.37. The van der Waals surface area contributed by atoms with Gasteiger partial charge in [-0.15, -0.1) is 0 Å². The van der Waals surface area contributed by atoms with Gasteiger partial charge in [-0.2, -0.15) is 11.8 Å². The van der Waals surface area contributed by atoms with Crippen molar-refractivity contribution in [2.24, 2.45) is 5.92 Å². The van der Waals surface area contributed by atoms with Crippen LogP contribution in [-0.2, 0) is 19.7 Å². The number of ketones is 1. The number of carbonyl (C=O) groups excluding carboxylic acids is 2. The largest absolute Gasteiger partial charge is 0.458 e. The smallest absolute Gasteiger partial charge is 0.306 e. The van der Waals surface area contributed by atoms with Gasteiger partial charge >= 0.3 is 5.97 Å². The SMILES string of the molecule is CC(CC(C(=O)COC(=O)CCCCC1C=CCSCC1)(c1ccccc1)c1ccccc1)N(C)C. The molecule has 2 aromatic carbocycles. The second-order valence-corrected chi connectivity index (χ2v) is 11.2. The summed E-state index contributed by atoms with van der Waals surface area (Å²) in [5, 5.41) is 0. The molecule has 1 heterocycles. The van der Waals surface area contributed by atoms with E-state index >= 15 is 0 Å². The molecule has 3 rings (SSSR count). The van der Waals surface area contributed by atoms with E-state index in [1.54, 1.807) is 0 Å². The van der Waals surface area contributed by atoms with E-state index in [0.717, 1.165) is 36.1 Å². The van der Waals surface area contributed by atoms with Gasteiger partial charge in [-0.1, -0.05) is 79.2 Å². The fourth-order valence-corrected chi connectivity index (χ4v) is 5.78. The van der Waals surface area contributed by atoms with Crippen molar-refractivity contribution in [3.63, 3.8) is 0 Å². The van der Waals surface area contributed by atoms with Crippen LogP contribution in [0.1, 0.15) is 56.6 Å². The van der Waals surface area contributed by atoms with Crippen molar-refractivity contribution in [1.82, 2.24) is 4.90 Å². The van der Waals surface area contributed by atoms with Gasteiger partial charge in [0.1, 0.15) is 0 Å². The van der Waals surface area contributed by atoms with Crippen LogP contribution in [0.3, 0.4) is 0 Å². The molecule has 1 aliphatic heterocycles. The molecule has 0 aromatic heterocycles. The molecule has 0 fully saturated rings. The van der Waals surface area contributed by atoms with Crippen molar-refractivity contribution >= 4 is 23.5 Å². The monoisotopic (exact) mass is 507 g/mol. The summed E-state index contributed by atoms with van der Waals surface area (Å²) in [6.45, 7) is 1.91. The molecule has 2 aromatic rings. The lowest BCUT2D eigenvalue weighted by atomic mass is 9.67. The Morgan fingerprint density at radius 2 is 1.67 bits per heavy atom. The number of nitrogens with zero attached hydrogens (tertiary/aromatic N) is 1. The van der Waals surface area contributed by atoms with E-state index < -0.39 is 5.41 Å². The van der Waals surface area contributed by atoms with Gasteiger partial charge in [-0.05, 0) is 69.5 Å². The van der Waals surface area contributed by atoms with E-state index in [1.807, 2.05) is 86.5 Å². The highest BCUT2D eigenvalue weighted by molar-refractivity contribution is 7.99. The van der Waals surface area contributed by atoms with Gasteiger partial charge < -0.3 is 9.64 Å². The van der Waals surface area contributed by atoms with Crippen LogP contribution in [0.25, 0.3) is 0 Å². The van der Waals surface area contributed by atoms with Crippen LogP contribution in [0.15, 0.2) is 72.8 Å². The first kappa shape index (κ1) is 28.2. The zero-order valence-corrected chi connectivity index (χ0v) is 22.8. The number of carbonyl (C=O) groups is 2. The van der Waals surface area contributed by atoms with Crippen LogP contribution in [-0.4, -0.2) is 54.9 Å². The highest BCUT2D eigenvalue weighted by Gasteiger charge is 2.43. The lowest BCUT2D eigenvalue weighted by molar-refractivity contribution is -0.149. The Bertz CT molecular complexity index is 934. The molecule has 2 unspecified atom stereocenters. The van der Waals surface area contributed by atoms with Gasteiger partial charge in [0.25, 0.3) is 0 Å². The Morgan fingerprint density at radius 1 is 1.03 bits per heavy atom. The molecule has 194 valence electrons. The minimum atomic E-state index is -0.893. The first-order chi connectivity index (χ1) is 17.4. The Balaban J connectivity index is 1.68. The topological polar surface area (TPSA) is 46.6 Å². The first-order valence-corrected chi connectivity index (χ1v) is 14.3. The minimum Gasteiger partial charge on any atom is -0.458 e. The number of benzene rings is 2. The Labute approximate surface area is 221 Å². The van der Waals surface area contributed by atoms with Crippen LogP contribution in [0.5, 0.6) is 0 Å². The average molecular weight is 508 g/mol. The van der Waals surface area contributed by atoms with Gasteiger partial charge in [-0.3, -0.25) is 9.59 Å². The van der Waals surface area contributed by atoms with Crippen LogP contribution < -0.4 is 0 Å². The van der Waals surface area contributed by atoms with E-state index in [2.05, 4.69) is 24.0 Å². The summed E-state index contributed by atoms with van der Waals surface area (Å²) in [7, 11) is 4.05. The van der Waals surface area contributed by atoms with Crippen LogP contribution in [0.4, 0.5) is 0 Å². The fourth-order valence-electron chi connectivity index (χ4n) is 4.90. The lowest BCUT2D eigenvalue weighted by Gasteiger charge is -2.37. The molecular formula is C31H41NO3S. The fraction of sp³-hybridized carbons (Fsp3) is 0.484. The molecule has 0 bridgehead atoms. The molecular weight excluding hydrogens is 466 g/mol. The highest BCUT2D eigenvalue weighted by atomic mass is 32.2. The summed E-state index contributed by atoms with van der Waals surface area (Å²) >= 11 is 1.98. The summed E-state index contributed by atoms with van der Waals surface area (Å²) < 4.78 is 5.59. The molecule has 0 saturated heterocycles. The van der Waals surface area contributed by atoms with Gasteiger partial charge in [0.2, 0.25) is 0 Å². The molecule has 0 aliphatic carbocycles. The van der Waals surface area contributed by atoms with Gasteiger partial charge in [0.05, 0.1) is 5.41 Å². The molecule has 0 radical (unpaired) electrons. The van der Waals surface area contributed by atoms with Crippen molar-refractivity contribution in [1.29, 1.82) is 0 Å². The van der Waals surface area contributed by atoms with E-state index in [0.29, 0.717) is 18.8 Å². The predicted molar refractivity (Wildman–Crippen MR) is 150 cm³/mol. The van der Waals surface area contributed by atoms with Crippen molar-refractivity contribution in [3.05, 3.63) is 83.9 Å². The van der Waals surface area contributed by atoms with Crippen LogP contribution in [0.2, 0.25) is 0 Å². The number of ether oxygens (including phenoxy) is 1. The van der Waals surface area contributed by atoms with Crippen molar-refractivity contribution < 1.29 is 14.3 Å². The average Bonchev–Trinajstić information content (AvgIpc) is 3.18. The van der Waals surface area contributed by atoms with Gasteiger partial charge in [0.15, 0.2) is 12.4 Å². The molecule has 4 nitrogen and oxygen atoms in total. The number of rotatable bonds is 13. The summed E-state index contributed by atoms with van der Waals surface area (Å²) in [6, 6.07) is 20.0. The molecule has 0 amide bonds. The molecule has 1 aliphatic rings. The number of allylic oxidation sites excluding steroid dienone is 1. The number of thioether (sulfide) groups is 1. The Kier molecular flexibility index (Phi) is 11.3. The summed E-state index contributed by atoms with van der Waals surface area (Å²) in [6.07, 6.45) is 9.67. The normalized spacial score (nSPS) is 16.9. The number of Topliss-reactive ketones (excluding diaryl/α,β-unsaturated/α-hetero) is 1. The molecule has 0 spiro atoms. The zero-order chi connectivity index (χ0) is 25.8. The second kappa shape index (κ2) is 14.4. The highest BCUT2D eigenvalue weighted by Crippen LogP contribution is 2.39. The van der Waals surface area contributed by atoms with Gasteiger partial charge in [0, 0.05) is 18.2 Å². The van der Waals surface area contributed by atoms with Crippen molar-refractivity contribution in [3.8, 4) is 0 Å². The van der Waals surface area contributed by atoms with E-state index in [9.17, 15) is 9.59 Å². The molecule has 5 heteroatoms. The number of hydrogen-bond acceptors (Lipinski definition) is 5. The Morgan fingerprint density at radius 3 is 2.28 bits per heavy atom. The number of esters is 1. The van der Waals surface area contributed by atoms with E-state index in [-0.39, 0.29) is 24.4 Å². The van der Waals surface area contributed by atoms with Gasteiger partial charge in [-0.25, -0.2) is 0 Å². The molecule has 2 atom stereocenters. The quantitative estimate of drug-likeness (QED) is 0.181. The zero-order valence-electron chi connectivity index (χ0n) is 22.0. The maximum absolute atomic E-state index is 14.0. The lowest BCUT2D eigenvalue weighted by Crippen LogP contribution is -2.45. The molecule has 0 saturated carbocycles. The summed E-state index contributed by atoms with van der Waals surface area (Å²) in [5.74, 6) is 2.57. The van der Waals surface area contributed by atoms with E-state index in [4.69, 9.17) is 4.74 Å². The molecule has 36 heavy (non-hydrogen) atoms. The predicted octanol–water partition coefficient (Wildman–Crippen LogP) is 6.29. The third-order valence-corrected chi connectivity index (χ3v) is 8.27. The standard InChI is InChI=1S/C31H41NO3S/c1-25(32(2)3)23-31(27-15-6-4-7-16-27,28-17-8-5-9-18-28)29(33)24-35-30(34)19-11-10-13-26-14-12-21-36-22-20-26/h4-9,12,14-18,25-26H,10-11,13,19-24H2,1-3H3. The maximum atomic E-state index is 14.0. The third kappa shape index (κ3) is 7.81. The third-order valence-electron chi connectivity index (χ3n) is 7.32. The maximum Gasteiger partial charge on any atom is 0.306 e. The van der Waals surface area contributed by atoms with Crippen LogP contribution in [0, 0.1) is 5.92 Å². The van der Waals surface area contributed by atoms with Crippen LogP contribution >= 0.6 is 11.8 Å². The van der Waals surface area contributed by atoms with Crippen molar-refractivity contribution in [2.45, 2.75) is 56.9 Å².